The molecule has 3 heteroatoms. The van der Waals surface area contributed by atoms with E-state index in [1.807, 2.05) is 13.0 Å². The lowest BCUT2D eigenvalue weighted by Crippen LogP contribution is -2.43. The molecule has 1 rings (SSSR count). The summed E-state index contributed by atoms with van der Waals surface area (Å²) >= 11 is 0. The van der Waals surface area contributed by atoms with E-state index in [-0.39, 0.29) is 18.0 Å². The summed E-state index contributed by atoms with van der Waals surface area (Å²) in [4.78, 5) is 0. The summed E-state index contributed by atoms with van der Waals surface area (Å²) in [7, 11) is 1.76. The van der Waals surface area contributed by atoms with Crippen LogP contribution in [0.15, 0.2) is 18.2 Å². The first-order valence-electron chi connectivity index (χ1n) is 7.63. The fourth-order valence-electron chi connectivity index (χ4n) is 2.53. The molecule has 2 unspecified atom stereocenters. The third-order valence-electron chi connectivity index (χ3n) is 3.73. The molecule has 2 atom stereocenters. The van der Waals surface area contributed by atoms with E-state index in [1.54, 1.807) is 13.2 Å². The maximum Gasteiger partial charge on any atom is 0.123 e. The van der Waals surface area contributed by atoms with Crippen LogP contribution >= 0.6 is 0 Å². The maximum atomic E-state index is 13.4. The van der Waals surface area contributed by atoms with Crippen molar-refractivity contribution in [1.29, 1.82) is 0 Å². The highest BCUT2D eigenvalue weighted by Crippen LogP contribution is 2.17. The van der Waals surface area contributed by atoms with Crippen LogP contribution in [-0.4, -0.2) is 25.8 Å². The molecule has 1 N–H and O–H groups in total. The Morgan fingerprint density at radius 1 is 1.25 bits per heavy atom. The van der Waals surface area contributed by atoms with Crippen LogP contribution < -0.4 is 5.32 Å². The standard InChI is InChI=1S/C17H28FNO/c1-5-7-17(20-4)16(19-10-6-2)12-14-11-15(18)9-8-13(14)3/h8-9,11,16-17,19H,5-7,10,12H2,1-4H3. The van der Waals surface area contributed by atoms with E-state index >= 15 is 0 Å². The van der Waals surface area contributed by atoms with E-state index in [0.29, 0.717) is 0 Å². The predicted molar refractivity (Wildman–Crippen MR) is 82.6 cm³/mol. The second kappa shape index (κ2) is 9.09. The van der Waals surface area contributed by atoms with Crippen molar-refractivity contribution in [3.63, 3.8) is 0 Å². The van der Waals surface area contributed by atoms with Crippen LogP contribution in [0.2, 0.25) is 0 Å². The number of halogens is 1. The number of rotatable bonds is 9. The van der Waals surface area contributed by atoms with Crippen molar-refractivity contribution in [3.05, 3.63) is 35.1 Å². The van der Waals surface area contributed by atoms with Crippen LogP contribution in [0.25, 0.3) is 0 Å². The van der Waals surface area contributed by atoms with Crippen LogP contribution in [0.4, 0.5) is 4.39 Å². The Kier molecular flexibility index (Phi) is 7.78. The smallest absolute Gasteiger partial charge is 0.123 e. The molecule has 0 aliphatic carbocycles. The minimum Gasteiger partial charge on any atom is -0.380 e. The number of benzene rings is 1. The van der Waals surface area contributed by atoms with E-state index in [1.165, 1.54) is 6.07 Å². The summed E-state index contributed by atoms with van der Waals surface area (Å²) in [5, 5.41) is 3.55. The largest absolute Gasteiger partial charge is 0.380 e. The van der Waals surface area contributed by atoms with Gasteiger partial charge in [0, 0.05) is 13.2 Å². The van der Waals surface area contributed by atoms with E-state index in [4.69, 9.17) is 4.74 Å². The molecule has 1 aromatic carbocycles. The van der Waals surface area contributed by atoms with Gasteiger partial charge in [0.25, 0.3) is 0 Å². The molecular formula is C17H28FNO. The Labute approximate surface area is 122 Å². The molecule has 0 bridgehead atoms. The summed E-state index contributed by atoms with van der Waals surface area (Å²) < 4.78 is 19.1. The Morgan fingerprint density at radius 3 is 2.60 bits per heavy atom. The van der Waals surface area contributed by atoms with Gasteiger partial charge in [0.1, 0.15) is 5.82 Å². The zero-order chi connectivity index (χ0) is 15.0. The predicted octanol–water partition coefficient (Wildman–Crippen LogP) is 3.86. The van der Waals surface area contributed by atoms with E-state index < -0.39 is 0 Å². The number of aryl methyl sites for hydroxylation is 1. The minimum atomic E-state index is -0.163. The average Bonchev–Trinajstić information content (AvgIpc) is 2.44. The van der Waals surface area contributed by atoms with Gasteiger partial charge in [0.2, 0.25) is 0 Å². The van der Waals surface area contributed by atoms with Crippen molar-refractivity contribution < 1.29 is 9.13 Å². The zero-order valence-corrected chi connectivity index (χ0v) is 13.2. The molecule has 0 fully saturated rings. The molecule has 0 saturated heterocycles. The summed E-state index contributed by atoms with van der Waals surface area (Å²) in [6.07, 6.45) is 4.18. The van der Waals surface area contributed by atoms with Crippen LogP contribution in [0.1, 0.15) is 44.2 Å². The first-order valence-corrected chi connectivity index (χ1v) is 7.63. The molecular weight excluding hydrogens is 253 g/mol. The maximum absolute atomic E-state index is 13.4. The molecule has 114 valence electrons. The first kappa shape index (κ1) is 17.1. The quantitative estimate of drug-likeness (QED) is 0.742. The van der Waals surface area contributed by atoms with Gasteiger partial charge in [0.15, 0.2) is 0 Å². The van der Waals surface area contributed by atoms with Gasteiger partial charge in [-0.2, -0.15) is 0 Å². The number of methoxy groups -OCH3 is 1. The van der Waals surface area contributed by atoms with Gasteiger partial charge in [-0.1, -0.05) is 26.3 Å². The Balaban J connectivity index is 2.84. The number of nitrogens with one attached hydrogen (secondary N) is 1. The van der Waals surface area contributed by atoms with Crippen LogP contribution in [0.5, 0.6) is 0 Å². The van der Waals surface area contributed by atoms with E-state index in [0.717, 1.165) is 43.4 Å². The van der Waals surface area contributed by atoms with Gasteiger partial charge in [-0.25, -0.2) is 4.39 Å². The molecule has 0 heterocycles. The van der Waals surface area contributed by atoms with Gasteiger partial charge in [0.05, 0.1) is 6.10 Å². The highest BCUT2D eigenvalue weighted by Gasteiger charge is 2.21. The lowest BCUT2D eigenvalue weighted by Gasteiger charge is -2.27. The zero-order valence-electron chi connectivity index (χ0n) is 13.2. The van der Waals surface area contributed by atoms with E-state index in [9.17, 15) is 4.39 Å². The molecule has 1 aromatic rings. The topological polar surface area (TPSA) is 21.3 Å². The molecule has 0 saturated carbocycles. The first-order chi connectivity index (χ1) is 9.62. The SMILES string of the molecule is CCCNC(Cc1cc(F)ccc1C)C(CCC)OC. The summed E-state index contributed by atoms with van der Waals surface area (Å²) in [5.74, 6) is -0.163. The minimum absolute atomic E-state index is 0.163. The van der Waals surface area contributed by atoms with Crippen molar-refractivity contribution in [2.45, 2.75) is 58.6 Å². The molecule has 20 heavy (non-hydrogen) atoms. The van der Waals surface area contributed by atoms with Gasteiger partial charge < -0.3 is 10.1 Å². The van der Waals surface area contributed by atoms with Crippen LogP contribution in [0, 0.1) is 12.7 Å². The van der Waals surface area contributed by atoms with Crippen molar-refractivity contribution >= 4 is 0 Å². The highest BCUT2D eigenvalue weighted by molar-refractivity contribution is 5.27. The van der Waals surface area contributed by atoms with E-state index in [2.05, 4.69) is 19.2 Å². The average molecular weight is 281 g/mol. The number of hydrogen-bond donors (Lipinski definition) is 1. The number of ether oxygens (including phenoxy) is 1. The molecule has 0 aromatic heterocycles. The van der Waals surface area contributed by atoms with Crippen LogP contribution in [-0.2, 0) is 11.2 Å². The van der Waals surface area contributed by atoms with Gasteiger partial charge in [-0.15, -0.1) is 0 Å². The molecule has 0 amide bonds. The third kappa shape index (κ3) is 5.22. The summed E-state index contributed by atoms with van der Waals surface area (Å²) in [5.41, 5.74) is 2.21. The fraction of sp³-hybridized carbons (Fsp3) is 0.647. The van der Waals surface area contributed by atoms with Crippen molar-refractivity contribution in [2.75, 3.05) is 13.7 Å². The number of hydrogen-bond acceptors (Lipinski definition) is 2. The summed E-state index contributed by atoms with van der Waals surface area (Å²) in [6.45, 7) is 7.31. The van der Waals surface area contributed by atoms with Crippen molar-refractivity contribution in [3.8, 4) is 0 Å². The molecule has 0 radical (unpaired) electrons. The second-order valence-corrected chi connectivity index (χ2v) is 5.40. The normalized spacial score (nSPS) is 14.2. The van der Waals surface area contributed by atoms with Crippen molar-refractivity contribution in [1.82, 2.24) is 5.32 Å². The molecule has 0 aliphatic heterocycles. The van der Waals surface area contributed by atoms with Crippen molar-refractivity contribution in [2.24, 2.45) is 0 Å². The monoisotopic (exact) mass is 281 g/mol. The van der Waals surface area contributed by atoms with Gasteiger partial charge >= 0.3 is 0 Å². The highest BCUT2D eigenvalue weighted by atomic mass is 19.1. The van der Waals surface area contributed by atoms with Gasteiger partial charge in [-0.3, -0.25) is 0 Å². The lowest BCUT2D eigenvalue weighted by atomic mass is 9.95. The lowest BCUT2D eigenvalue weighted by molar-refractivity contribution is 0.0608. The Hall–Kier alpha value is -0.930. The van der Waals surface area contributed by atoms with Gasteiger partial charge in [-0.05, 0) is 56.0 Å². The Bertz CT molecular complexity index is 395. The molecule has 2 nitrogen and oxygen atoms in total. The Morgan fingerprint density at radius 2 is 2.00 bits per heavy atom. The summed E-state index contributed by atoms with van der Waals surface area (Å²) in [6, 6.07) is 5.26. The fourth-order valence-corrected chi connectivity index (χ4v) is 2.53. The molecule has 0 aliphatic rings. The van der Waals surface area contributed by atoms with Crippen LogP contribution in [0.3, 0.4) is 0 Å². The molecule has 0 spiro atoms. The second-order valence-electron chi connectivity index (χ2n) is 5.40. The third-order valence-corrected chi connectivity index (χ3v) is 3.73.